The quantitative estimate of drug-likeness (QED) is 0.774. The van der Waals surface area contributed by atoms with E-state index in [9.17, 15) is 13.6 Å². The smallest absolute Gasteiger partial charge is 0.341 e. The lowest BCUT2D eigenvalue weighted by Gasteiger charge is -2.35. The molecule has 0 radical (unpaired) electrons. The van der Waals surface area contributed by atoms with Crippen molar-refractivity contribution in [3.63, 3.8) is 0 Å². The Bertz CT molecular complexity index is 477. The fourth-order valence-corrected chi connectivity index (χ4v) is 2.35. The van der Waals surface area contributed by atoms with Crippen molar-refractivity contribution in [1.29, 1.82) is 0 Å². The van der Waals surface area contributed by atoms with Crippen LogP contribution < -0.4 is 4.90 Å². The number of esters is 1. The van der Waals surface area contributed by atoms with Crippen LogP contribution in [-0.2, 0) is 4.74 Å². The predicted octanol–water partition coefficient (Wildman–Crippen LogP) is 1.65. The number of nitrogens with zero attached hydrogens (tertiary/aromatic N) is 3. The Morgan fingerprint density at radius 2 is 2.10 bits per heavy atom. The van der Waals surface area contributed by atoms with Gasteiger partial charge in [-0.3, -0.25) is 4.90 Å². The first-order chi connectivity index (χ1) is 10.1. The van der Waals surface area contributed by atoms with Gasteiger partial charge in [0.1, 0.15) is 11.4 Å². The van der Waals surface area contributed by atoms with Gasteiger partial charge in [-0.1, -0.05) is 0 Å². The first kappa shape index (κ1) is 15.6. The molecule has 0 unspecified atom stereocenters. The van der Waals surface area contributed by atoms with Gasteiger partial charge in [0.15, 0.2) is 0 Å². The Kier molecular flexibility index (Phi) is 5.44. The average molecular weight is 299 g/mol. The second kappa shape index (κ2) is 7.31. The molecule has 1 aliphatic rings. The van der Waals surface area contributed by atoms with E-state index in [4.69, 9.17) is 4.74 Å². The van der Waals surface area contributed by atoms with Gasteiger partial charge >= 0.3 is 5.97 Å². The first-order valence-corrected chi connectivity index (χ1v) is 6.99. The summed E-state index contributed by atoms with van der Waals surface area (Å²) in [5.41, 5.74) is 0.418. The summed E-state index contributed by atoms with van der Waals surface area (Å²) >= 11 is 0. The van der Waals surface area contributed by atoms with Crippen molar-refractivity contribution < 1.29 is 18.3 Å². The number of hydrogen-bond donors (Lipinski definition) is 0. The molecular weight excluding hydrogens is 280 g/mol. The number of anilines is 1. The second-order valence-corrected chi connectivity index (χ2v) is 4.77. The monoisotopic (exact) mass is 299 g/mol. The molecule has 0 bridgehead atoms. The molecule has 0 aliphatic carbocycles. The zero-order valence-corrected chi connectivity index (χ0v) is 12.0. The summed E-state index contributed by atoms with van der Waals surface area (Å²) in [5, 5.41) is 0. The van der Waals surface area contributed by atoms with Crippen molar-refractivity contribution in [2.45, 2.75) is 13.3 Å². The van der Waals surface area contributed by atoms with Crippen LogP contribution in [0.25, 0.3) is 0 Å². The molecule has 0 saturated carbocycles. The van der Waals surface area contributed by atoms with Crippen LogP contribution >= 0.6 is 0 Å². The fraction of sp³-hybridized carbons (Fsp3) is 0.571. The van der Waals surface area contributed by atoms with Gasteiger partial charge < -0.3 is 9.64 Å². The summed E-state index contributed by atoms with van der Waals surface area (Å²) < 4.78 is 29.7. The van der Waals surface area contributed by atoms with Crippen LogP contribution in [-0.4, -0.2) is 61.6 Å². The number of hydrogen-bond acceptors (Lipinski definition) is 5. The van der Waals surface area contributed by atoms with Crippen molar-refractivity contribution in [1.82, 2.24) is 9.88 Å². The molecule has 0 amide bonds. The van der Waals surface area contributed by atoms with Gasteiger partial charge in [-0.05, 0) is 19.1 Å². The molecule has 0 atom stereocenters. The third kappa shape index (κ3) is 4.10. The molecular formula is C14H19F2N3O2. The minimum Gasteiger partial charge on any atom is -0.462 e. The minimum atomic E-state index is -2.32. The number of aromatic nitrogens is 1. The molecule has 1 saturated heterocycles. The number of ether oxygens (including phenoxy) is 1. The van der Waals surface area contributed by atoms with Crippen LogP contribution in [0.2, 0.25) is 0 Å². The Hall–Kier alpha value is -1.76. The van der Waals surface area contributed by atoms with Gasteiger partial charge in [-0.15, -0.1) is 0 Å². The second-order valence-electron chi connectivity index (χ2n) is 4.77. The lowest BCUT2D eigenvalue weighted by molar-refractivity contribution is 0.0526. The highest BCUT2D eigenvalue weighted by atomic mass is 19.3. The van der Waals surface area contributed by atoms with Crippen molar-refractivity contribution in [2.24, 2.45) is 0 Å². The van der Waals surface area contributed by atoms with Crippen LogP contribution in [0.1, 0.15) is 17.3 Å². The molecule has 7 heteroatoms. The number of piperazine rings is 1. The normalized spacial score (nSPS) is 16.3. The summed E-state index contributed by atoms with van der Waals surface area (Å²) in [7, 11) is 0. The van der Waals surface area contributed by atoms with E-state index in [1.807, 2.05) is 4.90 Å². The average Bonchev–Trinajstić information content (AvgIpc) is 2.48. The maximum Gasteiger partial charge on any atom is 0.341 e. The summed E-state index contributed by atoms with van der Waals surface area (Å²) in [6, 6.07) is 3.36. The Labute approximate surface area is 122 Å². The van der Waals surface area contributed by atoms with E-state index < -0.39 is 12.4 Å². The van der Waals surface area contributed by atoms with Gasteiger partial charge in [0, 0.05) is 32.4 Å². The highest BCUT2D eigenvalue weighted by Crippen LogP contribution is 2.20. The number of pyridine rings is 1. The third-order valence-electron chi connectivity index (χ3n) is 3.35. The molecule has 5 nitrogen and oxygen atoms in total. The van der Waals surface area contributed by atoms with Crippen molar-refractivity contribution in [3.8, 4) is 0 Å². The van der Waals surface area contributed by atoms with Crippen LogP contribution in [0.15, 0.2) is 18.3 Å². The van der Waals surface area contributed by atoms with Gasteiger partial charge in [0.05, 0.1) is 13.2 Å². The molecule has 0 N–H and O–H groups in total. The summed E-state index contributed by atoms with van der Waals surface area (Å²) in [6.45, 7) is 4.03. The van der Waals surface area contributed by atoms with E-state index in [0.29, 0.717) is 44.2 Å². The Balaban J connectivity index is 2.05. The summed E-state index contributed by atoms with van der Waals surface area (Å²) in [5.74, 6) is 0.156. The largest absolute Gasteiger partial charge is 0.462 e. The molecule has 1 fully saturated rings. The fourth-order valence-electron chi connectivity index (χ4n) is 2.35. The van der Waals surface area contributed by atoms with Crippen LogP contribution in [0.3, 0.4) is 0 Å². The zero-order chi connectivity index (χ0) is 15.2. The number of rotatable bonds is 5. The van der Waals surface area contributed by atoms with Gasteiger partial charge in [-0.2, -0.15) is 0 Å². The highest BCUT2D eigenvalue weighted by Gasteiger charge is 2.24. The molecule has 1 aromatic heterocycles. The van der Waals surface area contributed by atoms with Crippen LogP contribution in [0, 0.1) is 0 Å². The first-order valence-electron chi connectivity index (χ1n) is 6.99. The highest BCUT2D eigenvalue weighted by molar-refractivity contribution is 5.94. The maximum atomic E-state index is 12.4. The number of alkyl halides is 2. The molecule has 116 valence electrons. The van der Waals surface area contributed by atoms with E-state index in [-0.39, 0.29) is 6.54 Å². The van der Waals surface area contributed by atoms with Crippen molar-refractivity contribution >= 4 is 11.8 Å². The molecule has 2 heterocycles. The topological polar surface area (TPSA) is 45.7 Å². The van der Waals surface area contributed by atoms with Gasteiger partial charge in [-0.25, -0.2) is 18.6 Å². The Morgan fingerprint density at radius 1 is 1.38 bits per heavy atom. The van der Waals surface area contributed by atoms with Gasteiger partial charge in [0.25, 0.3) is 6.43 Å². The standard InChI is InChI=1S/C14H19F2N3O2/c1-2-21-14(20)11-4-3-5-17-13(11)19-8-6-18(7-9-19)10-12(15)16/h3-5,12H,2,6-10H2,1H3. The van der Waals surface area contributed by atoms with E-state index in [0.717, 1.165) is 0 Å². The zero-order valence-electron chi connectivity index (χ0n) is 12.0. The van der Waals surface area contributed by atoms with Crippen LogP contribution in [0.4, 0.5) is 14.6 Å². The van der Waals surface area contributed by atoms with Crippen molar-refractivity contribution in [2.75, 3.05) is 44.2 Å². The number of carbonyl (C=O) groups is 1. The van der Waals surface area contributed by atoms with E-state index in [2.05, 4.69) is 4.98 Å². The molecule has 2 rings (SSSR count). The van der Waals surface area contributed by atoms with E-state index in [1.54, 1.807) is 30.2 Å². The van der Waals surface area contributed by atoms with Crippen LogP contribution in [0.5, 0.6) is 0 Å². The Morgan fingerprint density at radius 3 is 2.71 bits per heavy atom. The lowest BCUT2D eigenvalue weighted by Crippen LogP contribution is -2.48. The number of carbonyl (C=O) groups excluding carboxylic acids is 1. The third-order valence-corrected chi connectivity index (χ3v) is 3.35. The number of halogens is 2. The summed E-state index contributed by atoms with van der Waals surface area (Å²) in [4.78, 5) is 19.8. The van der Waals surface area contributed by atoms with E-state index >= 15 is 0 Å². The molecule has 1 aliphatic heterocycles. The van der Waals surface area contributed by atoms with Crippen molar-refractivity contribution in [3.05, 3.63) is 23.9 Å². The molecule has 1 aromatic rings. The molecule has 21 heavy (non-hydrogen) atoms. The predicted molar refractivity (Wildman–Crippen MR) is 74.9 cm³/mol. The SMILES string of the molecule is CCOC(=O)c1cccnc1N1CCN(CC(F)F)CC1. The molecule has 0 aromatic carbocycles. The summed E-state index contributed by atoms with van der Waals surface area (Å²) in [6.07, 6.45) is -0.703. The van der Waals surface area contributed by atoms with Gasteiger partial charge in [0.2, 0.25) is 0 Å². The van der Waals surface area contributed by atoms with E-state index in [1.165, 1.54) is 0 Å². The minimum absolute atomic E-state index is 0.208. The molecule has 0 spiro atoms. The lowest BCUT2D eigenvalue weighted by atomic mass is 10.2. The maximum absolute atomic E-state index is 12.4.